The highest BCUT2D eigenvalue weighted by Gasteiger charge is 2.11. The fraction of sp³-hybridized carbons (Fsp3) is 0.417. The van der Waals surface area contributed by atoms with E-state index in [9.17, 15) is 0 Å². The van der Waals surface area contributed by atoms with Crippen LogP contribution < -0.4 is 17.0 Å². The highest BCUT2D eigenvalue weighted by atomic mass is 35.5. The van der Waals surface area contributed by atoms with Gasteiger partial charge in [0.2, 0.25) is 0 Å². The van der Waals surface area contributed by atoms with Crippen molar-refractivity contribution in [1.82, 2.24) is 0 Å². The minimum absolute atomic E-state index is 0. The van der Waals surface area contributed by atoms with Gasteiger partial charge in [0.15, 0.2) is 18.4 Å². The first-order valence-corrected chi connectivity index (χ1v) is 4.96. The van der Waals surface area contributed by atoms with Gasteiger partial charge in [-0.25, -0.2) is 0 Å². The van der Waals surface area contributed by atoms with Gasteiger partial charge in [0.05, 0.1) is 0 Å². The van der Waals surface area contributed by atoms with Crippen molar-refractivity contribution in [3.05, 3.63) is 43.2 Å². The fourth-order valence-corrected chi connectivity index (χ4v) is 1.43. The van der Waals surface area contributed by atoms with E-state index in [1.807, 2.05) is 12.1 Å². The van der Waals surface area contributed by atoms with E-state index in [0.717, 1.165) is 0 Å². The maximum Gasteiger partial charge on any atom is 0.176 e. The van der Waals surface area contributed by atoms with Crippen molar-refractivity contribution in [2.24, 2.45) is 0 Å². The molecule has 1 atom stereocenters. The second-order valence-electron chi connectivity index (χ2n) is 3.27. The molecule has 0 spiro atoms. The number of hydrogen-bond donors (Lipinski definition) is 0. The molecule has 1 aromatic rings. The molecule has 1 aromatic heterocycles. The lowest BCUT2D eigenvalue weighted by Gasteiger charge is -2.05. The van der Waals surface area contributed by atoms with Crippen LogP contribution in [0.5, 0.6) is 0 Å². The van der Waals surface area contributed by atoms with Crippen LogP contribution >= 0.6 is 0 Å². The van der Waals surface area contributed by atoms with E-state index < -0.39 is 0 Å². The Morgan fingerprint density at radius 2 is 1.93 bits per heavy atom. The molecular formula is C12H18ClN. The summed E-state index contributed by atoms with van der Waals surface area (Å²) >= 11 is 0. The molecule has 1 unspecified atom stereocenters. The van der Waals surface area contributed by atoms with E-state index >= 15 is 0 Å². The number of nitrogens with zero attached hydrogens (tertiary/aromatic N) is 1. The molecule has 78 valence electrons. The summed E-state index contributed by atoms with van der Waals surface area (Å²) in [5.41, 5.74) is 0. The molecule has 0 aromatic carbocycles. The first kappa shape index (κ1) is 13.2. The van der Waals surface area contributed by atoms with Crippen LogP contribution in [-0.4, -0.2) is 0 Å². The third-order valence-electron chi connectivity index (χ3n) is 2.25. The van der Waals surface area contributed by atoms with E-state index in [0.29, 0.717) is 6.04 Å². The van der Waals surface area contributed by atoms with Crippen molar-refractivity contribution < 1.29 is 17.0 Å². The Morgan fingerprint density at radius 1 is 1.29 bits per heavy atom. The Kier molecular flexibility index (Phi) is 7.13. The Morgan fingerprint density at radius 3 is 2.43 bits per heavy atom. The third-order valence-corrected chi connectivity index (χ3v) is 2.25. The van der Waals surface area contributed by atoms with Crippen molar-refractivity contribution in [1.29, 1.82) is 0 Å². The number of hydrogen-bond acceptors (Lipinski definition) is 0. The molecule has 1 rings (SSSR count). The molecule has 0 saturated carbocycles. The van der Waals surface area contributed by atoms with Crippen molar-refractivity contribution in [2.45, 2.75) is 32.2 Å². The summed E-state index contributed by atoms with van der Waals surface area (Å²) in [6.45, 7) is 6.09. The van der Waals surface area contributed by atoms with Crippen molar-refractivity contribution in [3.63, 3.8) is 0 Å². The van der Waals surface area contributed by atoms with E-state index in [1.165, 1.54) is 19.3 Å². The maximum atomic E-state index is 3.87. The second-order valence-corrected chi connectivity index (χ2v) is 3.27. The van der Waals surface area contributed by atoms with E-state index in [4.69, 9.17) is 0 Å². The van der Waals surface area contributed by atoms with Crippen molar-refractivity contribution in [2.75, 3.05) is 0 Å². The Hall–Kier alpha value is -0.820. The third kappa shape index (κ3) is 3.93. The van der Waals surface area contributed by atoms with E-state index in [2.05, 4.69) is 42.6 Å². The molecule has 1 nitrogen and oxygen atoms in total. The number of unbranched alkanes of at least 4 members (excludes halogenated alkanes) is 1. The Balaban J connectivity index is 0.00000169. The molecule has 14 heavy (non-hydrogen) atoms. The van der Waals surface area contributed by atoms with Gasteiger partial charge in [-0.1, -0.05) is 26.0 Å². The highest BCUT2D eigenvalue weighted by molar-refractivity contribution is 4.85. The molecular weight excluding hydrogens is 194 g/mol. The normalized spacial score (nSPS) is 11.5. The number of rotatable bonds is 5. The molecule has 0 fully saturated rings. The van der Waals surface area contributed by atoms with Crippen LogP contribution in [0, 0.1) is 0 Å². The SMILES string of the molecule is C=CC(CCCC)[n+]1ccccc1.[Cl-]. The predicted molar refractivity (Wildman–Crippen MR) is 55.4 cm³/mol. The number of allylic oxidation sites excluding steroid dienone is 1. The molecule has 0 bridgehead atoms. The average Bonchev–Trinajstić information content (AvgIpc) is 2.21. The molecule has 0 amide bonds. The quantitative estimate of drug-likeness (QED) is 0.473. The number of halogens is 1. The molecule has 2 heteroatoms. The van der Waals surface area contributed by atoms with Crippen LogP contribution in [-0.2, 0) is 0 Å². The molecule has 0 aliphatic rings. The summed E-state index contributed by atoms with van der Waals surface area (Å²) in [7, 11) is 0. The van der Waals surface area contributed by atoms with Gasteiger partial charge in [0.25, 0.3) is 0 Å². The van der Waals surface area contributed by atoms with Crippen molar-refractivity contribution in [3.8, 4) is 0 Å². The molecule has 1 heterocycles. The van der Waals surface area contributed by atoms with E-state index in [1.54, 1.807) is 0 Å². The largest absolute Gasteiger partial charge is 1.00 e. The first-order chi connectivity index (χ1) is 6.38. The summed E-state index contributed by atoms with van der Waals surface area (Å²) in [5.74, 6) is 0. The molecule has 0 aliphatic carbocycles. The van der Waals surface area contributed by atoms with Gasteiger partial charge >= 0.3 is 0 Å². The highest BCUT2D eigenvalue weighted by Crippen LogP contribution is 2.08. The zero-order valence-electron chi connectivity index (χ0n) is 8.70. The lowest BCUT2D eigenvalue weighted by molar-refractivity contribution is -0.713. The standard InChI is InChI=1S/C12H18N.ClH/c1-3-5-9-12(4-2)13-10-7-6-8-11-13;/h4,6-8,10-12H,2-3,5,9H2,1H3;1H/q+1;/p-1. The van der Waals surface area contributed by atoms with Gasteiger partial charge in [-0.05, 0) is 12.5 Å². The maximum absolute atomic E-state index is 3.87. The van der Waals surface area contributed by atoms with E-state index in [-0.39, 0.29) is 12.4 Å². The summed E-state index contributed by atoms with van der Waals surface area (Å²) < 4.78 is 2.21. The summed E-state index contributed by atoms with van der Waals surface area (Å²) in [6.07, 6.45) is 9.92. The fourth-order valence-electron chi connectivity index (χ4n) is 1.43. The summed E-state index contributed by atoms with van der Waals surface area (Å²) in [4.78, 5) is 0. The lowest BCUT2D eigenvalue weighted by atomic mass is 10.1. The van der Waals surface area contributed by atoms with Crippen LogP contribution in [0.3, 0.4) is 0 Å². The summed E-state index contributed by atoms with van der Waals surface area (Å²) in [5, 5.41) is 0. The van der Waals surface area contributed by atoms with Crippen LogP contribution in [0.4, 0.5) is 0 Å². The van der Waals surface area contributed by atoms with Gasteiger partial charge in [0, 0.05) is 18.6 Å². The zero-order chi connectivity index (χ0) is 9.52. The lowest BCUT2D eigenvalue weighted by Crippen LogP contribution is -3.00. The van der Waals surface area contributed by atoms with Gasteiger partial charge in [-0.3, -0.25) is 0 Å². The molecule has 0 N–H and O–H groups in total. The topological polar surface area (TPSA) is 3.88 Å². The van der Waals surface area contributed by atoms with Crippen LogP contribution in [0.25, 0.3) is 0 Å². The number of aromatic nitrogens is 1. The minimum atomic E-state index is 0. The second kappa shape index (κ2) is 7.57. The van der Waals surface area contributed by atoms with Gasteiger partial charge in [0.1, 0.15) is 0 Å². The smallest absolute Gasteiger partial charge is 0.176 e. The predicted octanol–water partition coefficient (Wildman–Crippen LogP) is -0.105. The Labute approximate surface area is 92.9 Å². The Bertz CT molecular complexity index is 246. The molecule has 0 saturated heterocycles. The average molecular weight is 212 g/mol. The van der Waals surface area contributed by atoms with Gasteiger partial charge in [-0.15, -0.1) is 0 Å². The van der Waals surface area contributed by atoms with Gasteiger partial charge in [-0.2, -0.15) is 4.57 Å². The van der Waals surface area contributed by atoms with Crippen molar-refractivity contribution >= 4 is 0 Å². The van der Waals surface area contributed by atoms with Crippen LogP contribution in [0.2, 0.25) is 0 Å². The van der Waals surface area contributed by atoms with Crippen LogP contribution in [0.15, 0.2) is 43.2 Å². The molecule has 0 radical (unpaired) electrons. The first-order valence-electron chi connectivity index (χ1n) is 4.96. The monoisotopic (exact) mass is 211 g/mol. The summed E-state index contributed by atoms with van der Waals surface area (Å²) in [6, 6.07) is 6.61. The zero-order valence-corrected chi connectivity index (χ0v) is 9.45. The number of pyridine rings is 1. The van der Waals surface area contributed by atoms with Gasteiger partial charge < -0.3 is 12.4 Å². The minimum Gasteiger partial charge on any atom is -1.00 e. The van der Waals surface area contributed by atoms with Crippen LogP contribution in [0.1, 0.15) is 32.2 Å². The molecule has 0 aliphatic heterocycles.